The van der Waals surface area contributed by atoms with Gasteiger partial charge < -0.3 is 5.32 Å². The summed E-state index contributed by atoms with van der Waals surface area (Å²) in [6.07, 6.45) is 9.07. The number of hydrogen-bond donors (Lipinski definition) is 1. The minimum atomic E-state index is -0.201. The van der Waals surface area contributed by atoms with Gasteiger partial charge in [0, 0.05) is 13.2 Å². The van der Waals surface area contributed by atoms with E-state index in [9.17, 15) is 4.79 Å². The van der Waals surface area contributed by atoms with Crippen LogP contribution in [-0.2, 0) is 0 Å². The first-order chi connectivity index (χ1) is 7.72. The van der Waals surface area contributed by atoms with E-state index >= 15 is 0 Å². The van der Waals surface area contributed by atoms with Crippen molar-refractivity contribution in [2.45, 2.75) is 6.92 Å². The van der Waals surface area contributed by atoms with Crippen LogP contribution in [0.4, 0.5) is 0 Å². The number of allylic oxidation sites excluding steroid dienone is 5. The number of amides is 1. The van der Waals surface area contributed by atoms with Crippen molar-refractivity contribution in [1.29, 1.82) is 0 Å². The Bertz CT molecular complexity index is 441. The number of aromatic nitrogens is 2. The summed E-state index contributed by atoms with van der Waals surface area (Å²) < 4.78 is 1.61. The Balaban J connectivity index is 3.00. The molecule has 1 aromatic heterocycles. The Morgan fingerprint density at radius 3 is 2.94 bits per heavy atom. The van der Waals surface area contributed by atoms with Crippen molar-refractivity contribution >= 4 is 11.6 Å². The van der Waals surface area contributed by atoms with Crippen molar-refractivity contribution in [1.82, 2.24) is 15.1 Å². The zero-order chi connectivity index (χ0) is 12.0. The number of carbonyl (C=O) groups is 1. The largest absolute Gasteiger partial charge is 0.354 e. The van der Waals surface area contributed by atoms with Gasteiger partial charge in [-0.2, -0.15) is 5.10 Å². The molecule has 0 radical (unpaired) electrons. The van der Waals surface area contributed by atoms with Crippen molar-refractivity contribution in [3.8, 4) is 0 Å². The molecule has 16 heavy (non-hydrogen) atoms. The second kappa shape index (κ2) is 5.70. The molecule has 0 aliphatic heterocycles. The normalized spacial score (nSPS) is 11.8. The van der Waals surface area contributed by atoms with Crippen LogP contribution in [0.2, 0.25) is 0 Å². The van der Waals surface area contributed by atoms with Gasteiger partial charge >= 0.3 is 0 Å². The van der Waals surface area contributed by atoms with E-state index in [1.54, 1.807) is 30.1 Å². The van der Waals surface area contributed by atoms with E-state index in [0.29, 0.717) is 5.69 Å². The number of nitrogens with one attached hydrogen (secondary N) is 1. The van der Waals surface area contributed by atoms with Gasteiger partial charge in [-0.1, -0.05) is 18.7 Å². The Kier molecular flexibility index (Phi) is 4.27. The Hall–Kier alpha value is -2.10. The fourth-order valence-corrected chi connectivity index (χ4v) is 1.15. The summed E-state index contributed by atoms with van der Waals surface area (Å²) in [5.41, 5.74) is 1.20. The number of hydrogen-bond acceptors (Lipinski definition) is 2. The van der Waals surface area contributed by atoms with Crippen molar-refractivity contribution in [2.24, 2.45) is 0 Å². The molecule has 0 aromatic carbocycles. The maximum atomic E-state index is 11.3. The molecule has 1 rings (SSSR count). The van der Waals surface area contributed by atoms with E-state index < -0.39 is 0 Å². The van der Waals surface area contributed by atoms with Gasteiger partial charge in [0.05, 0.1) is 5.70 Å². The van der Waals surface area contributed by atoms with Crippen molar-refractivity contribution in [2.75, 3.05) is 7.05 Å². The second-order valence-corrected chi connectivity index (χ2v) is 3.05. The van der Waals surface area contributed by atoms with Crippen molar-refractivity contribution in [3.63, 3.8) is 0 Å². The van der Waals surface area contributed by atoms with Gasteiger partial charge in [-0.3, -0.25) is 4.79 Å². The molecule has 0 aliphatic rings. The number of nitrogens with zero attached hydrogens (tertiary/aromatic N) is 2. The minimum Gasteiger partial charge on any atom is -0.354 e. The predicted molar refractivity (Wildman–Crippen MR) is 64.9 cm³/mol. The van der Waals surface area contributed by atoms with Gasteiger partial charge in [0.15, 0.2) is 5.69 Å². The van der Waals surface area contributed by atoms with Crippen LogP contribution in [0, 0.1) is 0 Å². The number of rotatable bonds is 4. The SMILES string of the molecule is C=C/C(=C\C=C/C)n1ccc(C(=O)NC)n1. The summed E-state index contributed by atoms with van der Waals surface area (Å²) in [5, 5.41) is 6.66. The molecule has 0 bridgehead atoms. The lowest BCUT2D eigenvalue weighted by molar-refractivity contribution is 0.0958. The Morgan fingerprint density at radius 1 is 1.62 bits per heavy atom. The summed E-state index contributed by atoms with van der Waals surface area (Å²) in [7, 11) is 1.57. The first-order valence-corrected chi connectivity index (χ1v) is 4.96. The zero-order valence-electron chi connectivity index (χ0n) is 9.47. The third kappa shape index (κ3) is 2.70. The second-order valence-electron chi connectivity index (χ2n) is 3.05. The molecular weight excluding hydrogens is 202 g/mol. The number of carbonyl (C=O) groups excluding carboxylic acids is 1. The molecule has 0 fully saturated rings. The van der Waals surface area contributed by atoms with E-state index in [0.717, 1.165) is 5.70 Å². The van der Waals surface area contributed by atoms with Gasteiger partial charge in [-0.15, -0.1) is 0 Å². The Labute approximate surface area is 95.0 Å². The molecule has 4 nitrogen and oxygen atoms in total. The van der Waals surface area contributed by atoms with Gasteiger partial charge in [0.1, 0.15) is 0 Å². The van der Waals surface area contributed by atoms with Crippen LogP contribution < -0.4 is 5.32 Å². The summed E-state index contributed by atoms with van der Waals surface area (Å²) in [6, 6.07) is 1.66. The van der Waals surface area contributed by atoms with Gasteiger partial charge in [0.25, 0.3) is 5.91 Å². The van der Waals surface area contributed by atoms with Crippen molar-refractivity contribution in [3.05, 3.63) is 48.8 Å². The monoisotopic (exact) mass is 217 g/mol. The quantitative estimate of drug-likeness (QED) is 0.782. The molecule has 1 heterocycles. The van der Waals surface area contributed by atoms with E-state index in [1.165, 1.54) is 0 Å². The molecule has 0 saturated heterocycles. The summed E-state index contributed by atoms with van der Waals surface area (Å²) in [5.74, 6) is -0.201. The third-order valence-electron chi connectivity index (χ3n) is 1.98. The fourth-order valence-electron chi connectivity index (χ4n) is 1.15. The third-order valence-corrected chi connectivity index (χ3v) is 1.98. The average molecular weight is 217 g/mol. The predicted octanol–water partition coefficient (Wildman–Crippen LogP) is 1.85. The van der Waals surface area contributed by atoms with Crippen LogP contribution in [-0.4, -0.2) is 22.7 Å². The van der Waals surface area contributed by atoms with Crippen molar-refractivity contribution < 1.29 is 4.79 Å². The van der Waals surface area contributed by atoms with E-state index in [-0.39, 0.29) is 5.91 Å². The smallest absolute Gasteiger partial charge is 0.271 e. The van der Waals surface area contributed by atoms with Crippen LogP contribution in [0.15, 0.2) is 43.1 Å². The van der Waals surface area contributed by atoms with Crippen LogP contribution in [0.3, 0.4) is 0 Å². The maximum absolute atomic E-state index is 11.3. The topological polar surface area (TPSA) is 46.9 Å². The van der Waals surface area contributed by atoms with E-state index in [1.807, 2.05) is 25.2 Å². The lowest BCUT2D eigenvalue weighted by atomic mass is 10.3. The molecule has 0 atom stereocenters. The molecule has 4 heteroatoms. The molecule has 0 aliphatic carbocycles. The van der Waals surface area contributed by atoms with Gasteiger partial charge in [0.2, 0.25) is 0 Å². The first kappa shape index (κ1) is 12.0. The molecule has 1 N–H and O–H groups in total. The summed E-state index contributed by atoms with van der Waals surface area (Å²) in [4.78, 5) is 11.3. The van der Waals surface area contributed by atoms with Crippen LogP contribution >= 0.6 is 0 Å². The van der Waals surface area contributed by atoms with Crippen LogP contribution in [0.1, 0.15) is 17.4 Å². The molecule has 1 amide bonds. The highest BCUT2D eigenvalue weighted by atomic mass is 16.1. The standard InChI is InChI=1S/C12H15N3O/c1-4-6-7-10(5-2)15-9-8-11(14-15)12(16)13-3/h4-9H,2H2,1,3H3,(H,13,16)/b6-4-,10-7+. The van der Waals surface area contributed by atoms with Gasteiger partial charge in [-0.05, 0) is 25.1 Å². The molecule has 0 unspecified atom stereocenters. The molecule has 84 valence electrons. The molecule has 1 aromatic rings. The fraction of sp³-hybridized carbons (Fsp3) is 0.167. The molecular formula is C12H15N3O. The minimum absolute atomic E-state index is 0.201. The highest BCUT2D eigenvalue weighted by molar-refractivity contribution is 5.92. The van der Waals surface area contributed by atoms with E-state index in [4.69, 9.17) is 0 Å². The summed E-state index contributed by atoms with van der Waals surface area (Å²) in [6.45, 7) is 5.63. The van der Waals surface area contributed by atoms with E-state index in [2.05, 4.69) is 17.0 Å². The highest BCUT2D eigenvalue weighted by Crippen LogP contribution is 2.06. The zero-order valence-corrected chi connectivity index (χ0v) is 9.47. The van der Waals surface area contributed by atoms with Crippen LogP contribution in [0.25, 0.3) is 5.70 Å². The highest BCUT2D eigenvalue weighted by Gasteiger charge is 2.07. The van der Waals surface area contributed by atoms with Crippen LogP contribution in [0.5, 0.6) is 0 Å². The molecule has 0 spiro atoms. The lowest BCUT2D eigenvalue weighted by Gasteiger charge is -2.00. The van der Waals surface area contributed by atoms with Gasteiger partial charge in [-0.25, -0.2) is 4.68 Å². The lowest BCUT2D eigenvalue weighted by Crippen LogP contribution is -2.18. The maximum Gasteiger partial charge on any atom is 0.271 e. The first-order valence-electron chi connectivity index (χ1n) is 4.96. The average Bonchev–Trinajstić information content (AvgIpc) is 2.78. The molecule has 0 saturated carbocycles. The summed E-state index contributed by atoms with van der Waals surface area (Å²) >= 11 is 0. The Morgan fingerprint density at radius 2 is 2.38 bits per heavy atom.